The van der Waals surface area contributed by atoms with E-state index in [1.165, 1.54) is 19.1 Å². The number of methoxy groups -OCH3 is 2. The van der Waals surface area contributed by atoms with Gasteiger partial charge >= 0.3 is 24.2 Å². The van der Waals surface area contributed by atoms with Crippen molar-refractivity contribution in [2.75, 3.05) is 39.2 Å². The monoisotopic (exact) mass is 803 g/mol. The summed E-state index contributed by atoms with van der Waals surface area (Å²) in [7, 11) is 1.14. The smallest absolute Gasteiger partial charge is 0.411 e. The summed E-state index contributed by atoms with van der Waals surface area (Å²) in [6, 6.07) is 14.4. The lowest BCUT2D eigenvalue weighted by atomic mass is 10.1. The van der Waals surface area contributed by atoms with Crippen molar-refractivity contribution in [3.05, 3.63) is 70.6 Å². The molecule has 3 rings (SSSR count). The summed E-state index contributed by atoms with van der Waals surface area (Å²) >= 11 is 3.59. The van der Waals surface area contributed by atoms with Crippen LogP contribution in [0.15, 0.2) is 59.2 Å². The van der Waals surface area contributed by atoms with Gasteiger partial charge in [-0.3, -0.25) is 10.1 Å². The predicted octanol–water partition coefficient (Wildman–Crippen LogP) is 7.57. The SMILES string of the molecule is COC(=O)CCN(C[C@H](NC(=O)OCc1ccccc1)c1nc(-c2ccc(NC(=O)OC)cc2Br)cn1COCC[Si](C)(C)C)C(=O)OC(C)(C)C. The number of carbonyl (C=O) groups excluding carboxylic acids is 4. The highest BCUT2D eigenvalue weighted by molar-refractivity contribution is 9.10. The van der Waals surface area contributed by atoms with Crippen molar-refractivity contribution >= 4 is 53.9 Å². The molecule has 3 amide bonds. The molecule has 0 aliphatic heterocycles. The second kappa shape index (κ2) is 19.4. The largest absolute Gasteiger partial charge is 0.469 e. The normalized spacial score (nSPS) is 12.0. The van der Waals surface area contributed by atoms with Gasteiger partial charge in [-0.15, -0.1) is 0 Å². The van der Waals surface area contributed by atoms with Gasteiger partial charge in [-0.1, -0.05) is 65.9 Å². The summed E-state index contributed by atoms with van der Waals surface area (Å²) < 4.78 is 29.3. The van der Waals surface area contributed by atoms with Crippen molar-refractivity contribution < 1.29 is 42.9 Å². The fraction of sp³-hybridized carbons (Fsp3) is 0.472. The van der Waals surface area contributed by atoms with E-state index >= 15 is 0 Å². The number of benzene rings is 2. The third-order valence-electron chi connectivity index (χ3n) is 7.40. The van der Waals surface area contributed by atoms with E-state index in [2.05, 4.69) is 46.2 Å². The molecule has 0 unspecified atom stereocenters. The molecular weight excluding hydrogens is 754 g/mol. The zero-order chi connectivity index (χ0) is 38.5. The predicted molar refractivity (Wildman–Crippen MR) is 202 cm³/mol. The molecular formula is C36H50BrN5O9Si. The highest BCUT2D eigenvalue weighted by Crippen LogP contribution is 2.32. The molecule has 0 saturated carbocycles. The summed E-state index contributed by atoms with van der Waals surface area (Å²) in [5, 5.41) is 5.53. The zero-order valence-corrected chi connectivity index (χ0v) is 33.7. The van der Waals surface area contributed by atoms with Gasteiger partial charge in [-0.25, -0.2) is 19.4 Å². The number of alkyl carbamates (subject to hydrolysis) is 1. The zero-order valence-electron chi connectivity index (χ0n) is 31.1. The summed E-state index contributed by atoms with van der Waals surface area (Å²) in [6.07, 6.45) is -0.382. The standard InChI is InChI=1S/C36H50BrN5O9Si/c1-36(2,3)51-35(46)41(17-16-31(43)47-4)22-30(40-34(45)50-23-25-12-10-9-11-13-25)32-39-29(21-42(32)24-49-18-19-52(6,7)8)27-15-14-26(20-28(27)37)38-33(44)48-5/h9-15,20-21,30H,16-19,22-24H2,1-8H3,(H,38,44)(H,40,45)/t30-/m0/s1. The van der Waals surface area contributed by atoms with Crippen molar-refractivity contribution in [3.63, 3.8) is 0 Å². The summed E-state index contributed by atoms with van der Waals surface area (Å²) in [4.78, 5) is 57.2. The van der Waals surface area contributed by atoms with E-state index < -0.39 is 44.0 Å². The van der Waals surface area contributed by atoms with Crippen LogP contribution in [0.4, 0.5) is 20.1 Å². The summed E-state index contributed by atoms with van der Waals surface area (Å²) in [5.74, 6) is -0.162. The number of esters is 1. The van der Waals surface area contributed by atoms with E-state index in [0.717, 1.165) is 11.6 Å². The molecule has 52 heavy (non-hydrogen) atoms. The number of ether oxygens (including phenoxy) is 5. The minimum absolute atomic E-state index is 0.00983. The van der Waals surface area contributed by atoms with Crippen LogP contribution >= 0.6 is 15.9 Å². The Morgan fingerprint density at radius 1 is 1.00 bits per heavy atom. The Morgan fingerprint density at radius 2 is 1.71 bits per heavy atom. The minimum atomic E-state index is -1.41. The van der Waals surface area contributed by atoms with Crippen LogP contribution in [0, 0.1) is 0 Å². The molecule has 0 radical (unpaired) electrons. The van der Waals surface area contributed by atoms with Gasteiger partial charge in [0.25, 0.3) is 0 Å². The second-order valence-electron chi connectivity index (χ2n) is 14.1. The topological polar surface area (TPSA) is 160 Å². The van der Waals surface area contributed by atoms with Crippen molar-refractivity contribution in [2.45, 2.75) is 77.9 Å². The number of carbonyl (C=O) groups is 4. The molecule has 1 heterocycles. The van der Waals surface area contributed by atoms with E-state index in [0.29, 0.717) is 33.8 Å². The van der Waals surface area contributed by atoms with Crippen LogP contribution in [0.3, 0.4) is 0 Å². The first-order valence-electron chi connectivity index (χ1n) is 16.8. The van der Waals surface area contributed by atoms with Crippen molar-refractivity contribution in [2.24, 2.45) is 0 Å². The summed E-state index contributed by atoms with van der Waals surface area (Å²) in [6.45, 7) is 12.4. The van der Waals surface area contributed by atoms with Crippen LogP contribution in [0.5, 0.6) is 0 Å². The molecule has 14 nitrogen and oxygen atoms in total. The van der Waals surface area contributed by atoms with Crippen LogP contribution in [-0.4, -0.2) is 86.3 Å². The molecule has 0 spiro atoms. The number of amides is 3. The van der Waals surface area contributed by atoms with E-state index in [1.807, 2.05) is 30.3 Å². The van der Waals surface area contributed by atoms with Gasteiger partial charge in [0.15, 0.2) is 0 Å². The average molecular weight is 805 g/mol. The van der Waals surface area contributed by atoms with Gasteiger partial charge in [0.05, 0.1) is 32.9 Å². The number of aromatic nitrogens is 2. The number of imidazole rings is 1. The fourth-order valence-corrected chi connectivity index (χ4v) is 6.02. The lowest BCUT2D eigenvalue weighted by Gasteiger charge is -2.30. The van der Waals surface area contributed by atoms with Gasteiger partial charge in [0, 0.05) is 43.1 Å². The maximum atomic E-state index is 13.5. The Morgan fingerprint density at radius 3 is 2.33 bits per heavy atom. The van der Waals surface area contributed by atoms with Crippen LogP contribution in [-0.2, 0) is 41.8 Å². The third kappa shape index (κ3) is 14.3. The Bertz CT molecular complexity index is 1660. The molecule has 0 aliphatic carbocycles. The Labute approximate surface area is 314 Å². The average Bonchev–Trinajstić information content (AvgIpc) is 3.49. The van der Waals surface area contributed by atoms with Gasteiger partial charge in [0.1, 0.15) is 30.8 Å². The maximum absolute atomic E-state index is 13.5. The molecule has 3 aromatic rings. The molecule has 2 aromatic carbocycles. The molecule has 0 aliphatic rings. The first-order valence-corrected chi connectivity index (χ1v) is 21.3. The van der Waals surface area contributed by atoms with Crippen LogP contribution in [0.25, 0.3) is 11.3 Å². The van der Waals surface area contributed by atoms with Gasteiger partial charge in [-0.2, -0.15) is 0 Å². The van der Waals surface area contributed by atoms with Crippen LogP contribution in [0.2, 0.25) is 25.7 Å². The molecule has 284 valence electrons. The van der Waals surface area contributed by atoms with E-state index in [-0.39, 0.29) is 32.8 Å². The molecule has 0 fully saturated rings. The lowest BCUT2D eigenvalue weighted by molar-refractivity contribution is -0.140. The van der Waals surface area contributed by atoms with Crippen LogP contribution in [0.1, 0.15) is 44.6 Å². The first-order chi connectivity index (χ1) is 24.5. The minimum Gasteiger partial charge on any atom is -0.469 e. The van der Waals surface area contributed by atoms with E-state index in [1.54, 1.807) is 49.7 Å². The second-order valence-corrected chi connectivity index (χ2v) is 20.6. The number of halogens is 1. The quantitative estimate of drug-likeness (QED) is 0.0640. The van der Waals surface area contributed by atoms with E-state index in [9.17, 15) is 19.2 Å². The van der Waals surface area contributed by atoms with Gasteiger partial charge in [-0.05, 0) is 50.6 Å². The van der Waals surface area contributed by atoms with Gasteiger partial charge in [0.2, 0.25) is 0 Å². The molecule has 0 bridgehead atoms. The number of nitrogens with zero attached hydrogens (tertiary/aromatic N) is 3. The van der Waals surface area contributed by atoms with Gasteiger partial charge < -0.3 is 38.5 Å². The molecule has 16 heteroatoms. The number of rotatable bonds is 16. The van der Waals surface area contributed by atoms with Crippen LogP contribution < -0.4 is 10.6 Å². The number of hydrogen-bond acceptors (Lipinski definition) is 10. The van der Waals surface area contributed by atoms with Crippen molar-refractivity contribution in [1.82, 2.24) is 19.8 Å². The highest BCUT2D eigenvalue weighted by Gasteiger charge is 2.30. The number of nitrogens with one attached hydrogen (secondary N) is 2. The third-order valence-corrected chi connectivity index (χ3v) is 9.76. The maximum Gasteiger partial charge on any atom is 0.411 e. The summed E-state index contributed by atoms with van der Waals surface area (Å²) in [5.41, 5.74) is 1.64. The van der Waals surface area contributed by atoms with Crippen molar-refractivity contribution in [3.8, 4) is 11.3 Å². The number of hydrogen-bond donors (Lipinski definition) is 2. The number of anilines is 1. The van der Waals surface area contributed by atoms with E-state index in [4.69, 9.17) is 28.7 Å². The fourth-order valence-electron chi connectivity index (χ4n) is 4.68. The Balaban J connectivity index is 2.07. The molecule has 2 N–H and O–H groups in total. The Kier molecular flexibility index (Phi) is 15.7. The molecule has 0 saturated heterocycles. The lowest BCUT2D eigenvalue weighted by Crippen LogP contribution is -2.44. The molecule has 1 atom stereocenters. The molecule has 1 aromatic heterocycles. The first kappa shape index (κ1) is 42.0. The van der Waals surface area contributed by atoms with Crippen molar-refractivity contribution in [1.29, 1.82) is 0 Å². The Hall–Kier alpha value is -4.41. The highest BCUT2D eigenvalue weighted by atomic mass is 79.9.